The predicted molar refractivity (Wildman–Crippen MR) is 257 cm³/mol. The molecule has 0 aliphatic carbocycles. The summed E-state index contributed by atoms with van der Waals surface area (Å²) in [6, 6.07) is 66.5. The largest absolute Gasteiger partial charge is 0.208 e. The fourth-order valence-corrected chi connectivity index (χ4v) is 8.98. The number of fused-ring (bicyclic) bond motifs is 3. The second-order valence-electron chi connectivity index (χ2n) is 16.3. The maximum absolute atomic E-state index is 10.6. The van der Waals surface area contributed by atoms with E-state index in [0.717, 1.165) is 83.5 Å². The van der Waals surface area contributed by atoms with E-state index in [4.69, 9.17) is 15.0 Å². The van der Waals surface area contributed by atoms with E-state index in [2.05, 4.69) is 204 Å². The van der Waals surface area contributed by atoms with Crippen molar-refractivity contribution in [2.75, 3.05) is 0 Å². The molecule has 0 N–H and O–H groups in total. The lowest BCUT2D eigenvalue weighted by Gasteiger charge is -2.17. The Hall–Kier alpha value is -8.00. The molecule has 4 heteroatoms. The van der Waals surface area contributed by atoms with Crippen LogP contribution in [0.5, 0.6) is 0 Å². The van der Waals surface area contributed by atoms with Crippen LogP contribution in [-0.4, -0.2) is 15.0 Å². The first-order valence-corrected chi connectivity index (χ1v) is 21.0. The molecule has 0 aliphatic heterocycles. The summed E-state index contributed by atoms with van der Waals surface area (Å²) in [5.74, 6) is 1.90. The third kappa shape index (κ3) is 7.31. The highest BCUT2D eigenvalue weighted by Crippen LogP contribution is 2.42. The van der Waals surface area contributed by atoms with Gasteiger partial charge in [-0.3, -0.25) is 0 Å². The highest BCUT2D eigenvalue weighted by molar-refractivity contribution is 6.09. The number of rotatable bonds is 7. The molecule has 0 amide bonds. The zero-order chi connectivity index (χ0) is 42.3. The van der Waals surface area contributed by atoms with Gasteiger partial charge in [-0.25, -0.2) is 15.0 Å². The van der Waals surface area contributed by atoms with Crippen molar-refractivity contribution in [1.29, 1.82) is 5.26 Å². The van der Waals surface area contributed by atoms with Gasteiger partial charge in [0.1, 0.15) is 0 Å². The first-order chi connectivity index (χ1) is 30.3. The first kappa shape index (κ1) is 38.2. The lowest BCUT2D eigenvalue weighted by molar-refractivity contribution is 1.07. The molecule has 4 nitrogen and oxygen atoms in total. The smallest absolute Gasteiger partial charge is 0.164 e. The summed E-state index contributed by atoms with van der Waals surface area (Å²) in [6.45, 7) is 8.41. The molecule has 0 fully saturated rings. The molecule has 0 saturated heterocycles. The number of aryl methyl sites for hydroxylation is 4. The molecule has 0 aliphatic rings. The van der Waals surface area contributed by atoms with Crippen LogP contribution in [0, 0.1) is 39.0 Å². The number of hydrogen-bond donors (Lipinski definition) is 0. The highest BCUT2D eigenvalue weighted by Gasteiger charge is 2.19. The Kier molecular flexibility index (Phi) is 9.79. The molecule has 0 radical (unpaired) electrons. The van der Waals surface area contributed by atoms with Crippen molar-refractivity contribution < 1.29 is 0 Å². The minimum atomic E-state index is 0.615. The zero-order valence-corrected chi connectivity index (χ0v) is 35.1. The number of nitriles is 1. The molecular formula is C58H42N4. The monoisotopic (exact) mass is 794 g/mol. The Balaban J connectivity index is 1.07. The molecule has 0 atom stereocenters. The van der Waals surface area contributed by atoms with Gasteiger partial charge in [0.25, 0.3) is 0 Å². The second kappa shape index (κ2) is 15.9. The van der Waals surface area contributed by atoms with E-state index in [1.165, 1.54) is 21.5 Å². The van der Waals surface area contributed by atoms with E-state index in [-0.39, 0.29) is 0 Å². The molecule has 1 heterocycles. The Morgan fingerprint density at radius 1 is 0.339 bits per heavy atom. The van der Waals surface area contributed by atoms with Gasteiger partial charge in [-0.15, -0.1) is 0 Å². The molecule has 0 spiro atoms. The van der Waals surface area contributed by atoms with E-state index >= 15 is 0 Å². The van der Waals surface area contributed by atoms with Gasteiger partial charge in [-0.1, -0.05) is 156 Å². The SMILES string of the molecule is Cc1cc(C)cc(-c2nc(-c3cc(C)cc(C)c3)nc(-c3cccc(-c4cccc(-c5cccc(C#N)c5-c5ccccc5-c5ccc6c(ccc7ccccc76)c5)c4)c3)n2)c1. The van der Waals surface area contributed by atoms with E-state index in [1.54, 1.807) is 0 Å². The lowest BCUT2D eigenvalue weighted by Crippen LogP contribution is -2.01. The van der Waals surface area contributed by atoms with Gasteiger partial charge < -0.3 is 0 Å². The summed E-state index contributed by atoms with van der Waals surface area (Å²) in [4.78, 5) is 15.2. The van der Waals surface area contributed by atoms with Crippen molar-refractivity contribution in [3.8, 4) is 84.7 Å². The maximum atomic E-state index is 10.6. The van der Waals surface area contributed by atoms with Crippen molar-refractivity contribution in [2.24, 2.45) is 0 Å². The molecule has 10 rings (SSSR count). The Morgan fingerprint density at radius 3 is 1.48 bits per heavy atom. The maximum Gasteiger partial charge on any atom is 0.164 e. The van der Waals surface area contributed by atoms with Crippen molar-refractivity contribution in [3.05, 3.63) is 210 Å². The highest BCUT2D eigenvalue weighted by atomic mass is 15.0. The summed E-state index contributed by atoms with van der Waals surface area (Å²) in [7, 11) is 0. The summed E-state index contributed by atoms with van der Waals surface area (Å²) >= 11 is 0. The first-order valence-electron chi connectivity index (χ1n) is 21.0. The van der Waals surface area contributed by atoms with E-state index < -0.39 is 0 Å². The summed E-state index contributed by atoms with van der Waals surface area (Å²) in [5.41, 5.74) is 16.3. The summed E-state index contributed by atoms with van der Waals surface area (Å²) < 4.78 is 0. The molecule has 10 aromatic rings. The minimum absolute atomic E-state index is 0.615. The minimum Gasteiger partial charge on any atom is -0.208 e. The van der Waals surface area contributed by atoms with Gasteiger partial charge >= 0.3 is 0 Å². The van der Waals surface area contributed by atoms with Crippen LogP contribution in [0.4, 0.5) is 0 Å². The molecular weight excluding hydrogens is 753 g/mol. The number of hydrogen-bond acceptors (Lipinski definition) is 4. The molecule has 0 saturated carbocycles. The normalized spacial score (nSPS) is 11.2. The average molecular weight is 795 g/mol. The fourth-order valence-electron chi connectivity index (χ4n) is 8.98. The predicted octanol–water partition coefficient (Wildman–Crippen LogP) is 15.0. The number of aromatic nitrogens is 3. The van der Waals surface area contributed by atoms with E-state index in [9.17, 15) is 5.26 Å². The van der Waals surface area contributed by atoms with Crippen LogP contribution in [0.15, 0.2) is 182 Å². The fraction of sp³-hybridized carbons (Fsp3) is 0.0690. The molecule has 9 aromatic carbocycles. The van der Waals surface area contributed by atoms with Crippen LogP contribution in [0.2, 0.25) is 0 Å². The van der Waals surface area contributed by atoms with Crippen LogP contribution < -0.4 is 0 Å². The van der Waals surface area contributed by atoms with Crippen LogP contribution in [0.3, 0.4) is 0 Å². The van der Waals surface area contributed by atoms with Crippen LogP contribution in [0.25, 0.3) is 100 Å². The quantitative estimate of drug-likeness (QED) is 0.151. The topological polar surface area (TPSA) is 62.5 Å². The van der Waals surface area contributed by atoms with Gasteiger partial charge in [0.15, 0.2) is 17.5 Å². The lowest BCUT2D eigenvalue weighted by atomic mass is 9.85. The third-order valence-electron chi connectivity index (χ3n) is 11.7. The molecule has 294 valence electrons. The molecule has 62 heavy (non-hydrogen) atoms. The Labute approximate surface area is 362 Å². The third-order valence-corrected chi connectivity index (χ3v) is 11.7. The Morgan fingerprint density at radius 2 is 0.823 bits per heavy atom. The van der Waals surface area contributed by atoms with Gasteiger partial charge in [0, 0.05) is 22.3 Å². The van der Waals surface area contributed by atoms with Crippen LogP contribution in [-0.2, 0) is 0 Å². The Bertz CT molecular complexity index is 3320. The van der Waals surface area contributed by atoms with Crippen molar-refractivity contribution in [3.63, 3.8) is 0 Å². The summed E-state index contributed by atoms with van der Waals surface area (Å²) in [5, 5.41) is 15.5. The standard InChI is InChI=1S/C58H42N4/c1-36-26-37(2)29-48(28-36)57-60-56(61-58(62-57)49-30-38(3)27-39(4)31-49)46-16-10-14-42(33-46)41-13-9-15-43(32-41)53-21-11-17-47(35-59)55(53)54-20-8-7-19-51(54)45-24-25-52-44(34-45)23-22-40-12-5-6-18-50(40)52/h5-34H,1-4H3. The molecule has 0 bridgehead atoms. The van der Waals surface area contributed by atoms with Crippen LogP contribution >= 0.6 is 0 Å². The van der Waals surface area contributed by atoms with Gasteiger partial charge in [0.2, 0.25) is 0 Å². The number of benzene rings is 9. The van der Waals surface area contributed by atoms with Crippen molar-refractivity contribution in [2.45, 2.75) is 27.7 Å². The van der Waals surface area contributed by atoms with Crippen molar-refractivity contribution >= 4 is 21.5 Å². The van der Waals surface area contributed by atoms with E-state index in [0.29, 0.717) is 23.0 Å². The molecule has 1 aromatic heterocycles. The second-order valence-corrected chi connectivity index (χ2v) is 16.3. The van der Waals surface area contributed by atoms with Gasteiger partial charge in [-0.05, 0) is 137 Å². The number of nitrogens with zero attached hydrogens (tertiary/aromatic N) is 4. The van der Waals surface area contributed by atoms with Crippen LogP contribution in [0.1, 0.15) is 27.8 Å². The van der Waals surface area contributed by atoms with Gasteiger partial charge in [0.05, 0.1) is 11.6 Å². The van der Waals surface area contributed by atoms with E-state index in [1.807, 2.05) is 12.1 Å². The summed E-state index contributed by atoms with van der Waals surface area (Å²) in [6.07, 6.45) is 0. The van der Waals surface area contributed by atoms with Gasteiger partial charge in [-0.2, -0.15) is 5.26 Å². The van der Waals surface area contributed by atoms with Crippen molar-refractivity contribution in [1.82, 2.24) is 15.0 Å². The zero-order valence-electron chi connectivity index (χ0n) is 35.1. The molecule has 0 unspecified atom stereocenters. The average Bonchev–Trinajstić information content (AvgIpc) is 3.30.